The van der Waals surface area contributed by atoms with Gasteiger partial charge in [0.15, 0.2) is 0 Å². The number of hydrogen-bond donors (Lipinski definition) is 2. The quantitative estimate of drug-likeness (QED) is 0.805. The van der Waals surface area contributed by atoms with Crippen LogP contribution in [0.2, 0.25) is 10.0 Å². The van der Waals surface area contributed by atoms with E-state index in [4.69, 9.17) is 28.9 Å². The van der Waals surface area contributed by atoms with Gasteiger partial charge in [0.1, 0.15) is 5.44 Å². The molecule has 0 heterocycles. The van der Waals surface area contributed by atoms with Gasteiger partial charge in [-0.3, -0.25) is 0 Å². The van der Waals surface area contributed by atoms with Gasteiger partial charge in [0, 0.05) is 15.8 Å². The largest absolute Gasteiger partial charge is 0.382 e. The smallest absolute Gasteiger partial charge is 0.101 e. The lowest BCUT2D eigenvalue weighted by Crippen LogP contribution is -2.09. The van der Waals surface area contributed by atoms with Crippen LogP contribution in [0.25, 0.3) is 0 Å². The predicted molar refractivity (Wildman–Crippen MR) is 67.4 cm³/mol. The molecule has 0 aliphatic heterocycles. The Morgan fingerprint density at radius 3 is 2.73 bits per heavy atom. The number of aliphatic hydroxyl groups excluding tert-OH is 1. The molecule has 0 saturated carbocycles. The number of hydrogen-bond acceptors (Lipinski definition) is 3. The van der Waals surface area contributed by atoms with Crippen LogP contribution in [0.3, 0.4) is 0 Å². The Morgan fingerprint density at radius 2 is 2.13 bits per heavy atom. The van der Waals surface area contributed by atoms with Crippen molar-refractivity contribution in [3.8, 4) is 0 Å². The second-order valence-electron chi connectivity index (χ2n) is 3.08. The molecule has 0 aliphatic carbocycles. The topological polar surface area (TPSA) is 46.2 Å². The number of nitrogens with two attached hydrogens (primary N) is 1. The van der Waals surface area contributed by atoms with Gasteiger partial charge in [-0.05, 0) is 30.7 Å². The molecule has 1 atom stereocenters. The highest BCUT2D eigenvalue weighted by atomic mass is 35.5. The van der Waals surface area contributed by atoms with Gasteiger partial charge in [0.25, 0.3) is 0 Å². The van der Waals surface area contributed by atoms with Gasteiger partial charge in [-0.2, -0.15) is 0 Å². The summed E-state index contributed by atoms with van der Waals surface area (Å²) in [7, 11) is 0. The van der Waals surface area contributed by atoms with Crippen molar-refractivity contribution in [3.05, 3.63) is 33.8 Å². The average molecular weight is 266 g/mol. The molecule has 0 spiro atoms. The minimum absolute atomic E-state index is 0.429. The van der Waals surface area contributed by atoms with E-state index in [0.717, 1.165) is 5.56 Å². The molecule has 0 aromatic heterocycles. The molecule has 0 saturated heterocycles. The highest BCUT2D eigenvalue weighted by molar-refractivity contribution is 7.98. The molecule has 0 bridgehead atoms. The molecule has 1 unspecified atom stereocenters. The maximum absolute atomic E-state index is 9.47. The molecule has 0 radical (unpaired) electrons. The zero-order valence-corrected chi connectivity index (χ0v) is 10.4. The zero-order chi connectivity index (χ0) is 11.3. The van der Waals surface area contributed by atoms with Gasteiger partial charge >= 0.3 is 0 Å². The van der Waals surface area contributed by atoms with Crippen LogP contribution in [0.5, 0.6) is 0 Å². The summed E-state index contributed by atoms with van der Waals surface area (Å²) in [5, 5.41) is 10.7. The van der Waals surface area contributed by atoms with E-state index in [1.54, 1.807) is 12.1 Å². The molecule has 0 fully saturated rings. The SMILES string of the molecule is NCCC(O)SCc1ccc(Cl)cc1Cl. The molecule has 0 aliphatic rings. The third kappa shape index (κ3) is 4.62. The Hall–Kier alpha value is 0.0700. The fourth-order valence-electron chi connectivity index (χ4n) is 1.05. The van der Waals surface area contributed by atoms with Crippen molar-refractivity contribution in [2.75, 3.05) is 6.54 Å². The lowest BCUT2D eigenvalue weighted by Gasteiger charge is -2.09. The van der Waals surface area contributed by atoms with Gasteiger partial charge in [-0.15, -0.1) is 11.8 Å². The van der Waals surface area contributed by atoms with Crippen LogP contribution >= 0.6 is 35.0 Å². The molecule has 1 aromatic carbocycles. The van der Waals surface area contributed by atoms with E-state index >= 15 is 0 Å². The molecule has 2 nitrogen and oxygen atoms in total. The summed E-state index contributed by atoms with van der Waals surface area (Å²) in [5.41, 5.74) is 5.88. The van der Waals surface area contributed by atoms with E-state index in [9.17, 15) is 5.11 Å². The zero-order valence-electron chi connectivity index (χ0n) is 8.12. The van der Waals surface area contributed by atoms with Gasteiger partial charge in [-0.25, -0.2) is 0 Å². The minimum Gasteiger partial charge on any atom is -0.382 e. The molecule has 1 aromatic rings. The lowest BCUT2D eigenvalue weighted by atomic mass is 10.2. The maximum Gasteiger partial charge on any atom is 0.101 e. The van der Waals surface area contributed by atoms with Gasteiger partial charge < -0.3 is 10.8 Å². The molecule has 15 heavy (non-hydrogen) atoms. The molecule has 3 N–H and O–H groups in total. The van der Waals surface area contributed by atoms with Crippen LogP contribution in [0, 0.1) is 0 Å². The summed E-state index contributed by atoms with van der Waals surface area (Å²) < 4.78 is 0. The van der Waals surface area contributed by atoms with Gasteiger partial charge in [0.05, 0.1) is 0 Å². The van der Waals surface area contributed by atoms with Crippen LogP contribution in [0.15, 0.2) is 18.2 Å². The summed E-state index contributed by atoms with van der Waals surface area (Å²) in [6, 6.07) is 5.36. The Bertz CT molecular complexity index is 322. The fourth-order valence-corrected chi connectivity index (χ4v) is 2.53. The first-order chi connectivity index (χ1) is 7.13. The van der Waals surface area contributed by atoms with E-state index in [1.807, 2.05) is 6.07 Å². The summed E-state index contributed by atoms with van der Waals surface area (Å²) in [6.45, 7) is 0.489. The van der Waals surface area contributed by atoms with Crippen LogP contribution in [-0.4, -0.2) is 17.1 Å². The van der Waals surface area contributed by atoms with Crippen LogP contribution in [0.4, 0.5) is 0 Å². The molecule has 5 heteroatoms. The number of benzene rings is 1. The first-order valence-corrected chi connectivity index (χ1v) is 6.37. The minimum atomic E-state index is -0.429. The lowest BCUT2D eigenvalue weighted by molar-refractivity contribution is 0.255. The highest BCUT2D eigenvalue weighted by Crippen LogP contribution is 2.26. The Labute approximate surface area is 104 Å². The number of halogens is 2. The second-order valence-corrected chi connectivity index (χ2v) is 5.09. The predicted octanol–water partition coefficient (Wildman–Crippen LogP) is 2.89. The van der Waals surface area contributed by atoms with E-state index in [2.05, 4.69) is 0 Å². The number of aliphatic hydroxyl groups is 1. The average Bonchev–Trinajstić information content (AvgIpc) is 2.17. The standard InChI is InChI=1S/C10H13Cl2NOS/c11-8-2-1-7(9(12)5-8)6-15-10(14)3-4-13/h1-2,5,10,14H,3-4,6,13H2. The van der Waals surface area contributed by atoms with E-state index in [-0.39, 0.29) is 0 Å². The number of thioether (sulfide) groups is 1. The highest BCUT2D eigenvalue weighted by Gasteiger charge is 2.06. The summed E-state index contributed by atoms with van der Waals surface area (Å²) in [5.74, 6) is 0.664. The van der Waals surface area contributed by atoms with Crippen molar-refractivity contribution in [3.63, 3.8) is 0 Å². The molecule has 1 rings (SSSR count). The van der Waals surface area contributed by atoms with Crippen molar-refractivity contribution in [2.24, 2.45) is 5.73 Å². The molecule has 84 valence electrons. The van der Waals surface area contributed by atoms with Crippen molar-refractivity contribution in [1.29, 1.82) is 0 Å². The van der Waals surface area contributed by atoms with Crippen molar-refractivity contribution in [2.45, 2.75) is 17.6 Å². The molecular weight excluding hydrogens is 253 g/mol. The fraction of sp³-hybridized carbons (Fsp3) is 0.400. The molecule has 0 amide bonds. The second kappa shape index (κ2) is 6.61. The van der Waals surface area contributed by atoms with E-state index < -0.39 is 5.44 Å². The normalized spacial score (nSPS) is 12.8. The van der Waals surface area contributed by atoms with Crippen molar-refractivity contribution >= 4 is 35.0 Å². The maximum atomic E-state index is 9.47. The Morgan fingerprint density at radius 1 is 1.40 bits per heavy atom. The summed E-state index contributed by atoms with van der Waals surface area (Å²) in [4.78, 5) is 0. The van der Waals surface area contributed by atoms with E-state index in [1.165, 1.54) is 11.8 Å². The van der Waals surface area contributed by atoms with Crippen molar-refractivity contribution in [1.82, 2.24) is 0 Å². The summed E-state index contributed by atoms with van der Waals surface area (Å²) >= 11 is 13.2. The summed E-state index contributed by atoms with van der Waals surface area (Å²) in [6.07, 6.45) is 0.593. The first-order valence-electron chi connectivity index (χ1n) is 4.57. The Balaban J connectivity index is 2.50. The van der Waals surface area contributed by atoms with Gasteiger partial charge in [0.2, 0.25) is 0 Å². The Kier molecular flexibility index (Phi) is 5.79. The monoisotopic (exact) mass is 265 g/mol. The first kappa shape index (κ1) is 13.1. The molecular formula is C10H13Cl2NOS. The van der Waals surface area contributed by atoms with Crippen molar-refractivity contribution < 1.29 is 5.11 Å². The van der Waals surface area contributed by atoms with E-state index in [0.29, 0.717) is 28.8 Å². The van der Waals surface area contributed by atoms with Crippen LogP contribution < -0.4 is 5.73 Å². The van der Waals surface area contributed by atoms with Crippen LogP contribution in [0.1, 0.15) is 12.0 Å². The third-order valence-corrected chi connectivity index (χ3v) is 3.55. The third-order valence-electron chi connectivity index (χ3n) is 1.86. The number of rotatable bonds is 5. The van der Waals surface area contributed by atoms with Gasteiger partial charge in [-0.1, -0.05) is 29.3 Å². The van der Waals surface area contributed by atoms with Crippen LogP contribution in [-0.2, 0) is 5.75 Å².